The Kier molecular flexibility index (Phi) is 6.38. The van der Waals surface area contributed by atoms with Crippen molar-refractivity contribution in [3.63, 3.8) is 0 Å². The van der Waals surface area contributed by atoms with E-state index in [1.165, 1.54) is 43.4 Å². The van der Waals surface area contributed by atoms with Gasteiger partial charge in [0.15, 0.2) is 17.5 Å². The van der Waals surface area contributed by atoms with Crippen LogP contribution in [0.25, 0.3) is 121 Å². The molecule has 268 valence electrons. The SMILES string of the molecule is c1ccc(-c2nc(-c3cc4ccccc4c4ccccc34)nc(-c3ccc4c5ccccc5n5c6cccc7c8ccccc8n(c8ccccc8c3c45)c76)n2)cc1. The number of fused-ring (bicyclic) bond motifs is 13. The predicted octanol–water partition coefficient (Wildman–Crippen LogP) is 13.5. The molecule has 4 heterocycles. The van der Waals surface area contributed by atoms with E-state index in [1.54, 1.807) is 0 Å². The van der Waals surface area contributed by atoms with Crippen molar-refractivity contribution in [2.45, 2.75) is 0 Å². The second kappa shape index (κ2) is 11.8. The van der Waals surface area contributed by atoms with Gasteiger partial charge in [0.05, 0.1) is 33.1 Å². The van der Waals surface area contributed by atoms with Crippen molar-refractivity contribution in [1.29, 1.82) is 0 Å². The van der Waals surface area contributed by atoms with Crippen molar-refractivity contribution < 1.29 is 0 Å². The Balaban J connectivity index is 1.25. The molecule has 13 aromatic rings. The zero-order valence-electron chi connectivity index (χ0n) is 31.1. The molecule has 0 aliphatic carbocycles. The molecule has 13 rings (SSSR count). The second-order valence-corrected chi connectivity index (χ2v) is 15.1. The van der Waals surface area contributed by atoms with Gasteiger partial charge >= 0.3 is 0 Å². The quantitative estimate of drug-likeness (QED) is 0.170. The summed E-state index contributed by atoms with van der Waals surface area (Å²) >= 11 is 0. The van der Waals surface area contributed by atoms with Gasteiger partial charge in [-0.1, -0.05) is 152 Å². The summed E-state index contributed by atoms with van der Waals surface area (Å²) in [5, 5.41) is 11.7. The van der Waals surface area contributed by atoms with E-state index < -0.39 is 0 Å². The summed E-state index contributed by atoms with van der Waals surface area (Å²) in [5.41, 5.74) is 9.76. The van der Waals surface area contributed by atoms with Gasteiger partial charge in [0.25, 0.3) is 0 Å². The molecule has 0 saturated heterocycles. The fourth-order valence-electron chi connectivity index (χ4n) is 9.65. The lowest BCUT2D eigenvalue weighted by Crippen LogP contribution is -2.02. The van der Waals surface area contributed by atoms with Crippen LogP contribution in [0, 0.1) is 0 Å². The molecule has 0 bridgehead atoms. The highest BCUT2D eigenvalue weighted by atomic mass is 15.0. The van der Waals surface area contributed by atoms with Crippen LogP contribution in [-0.2, 0) is 0 Å². The standard InChI is InChI=1S/C53H31N5/c1-2-15-32(16-3-1)51-54-52(56-53(55-51)43-31-33-17-4-5-18-34(33)35-19-6-7-20-36(35)43)42-30-29-40-38-22-9-12-26-45(38)58-47-28-14-24-39-37-21-8-11-25-44(37)57(49(39)47)46-27-13-10-23-41(46)48(42)50(40)58/h1-31H. The third kappa shape index (κ3) is 4.27. The highest BCUT2D eigenvalue weighted by Crippen LogP contribution is 2.44. The number of aromatic nitrogens is 5. The van der Waals surface area contributed by atoms with Gasteiger partial charge in [0, 0.05) is 49.0 Å². The van der Waals surface area contributed by atoms with Crippen molar-refractivity contribution in [2.24, 2.45) is 0 Å². The van der Waals surface area contributed by atoms with Crippen LogP contribution in [0.15, 0.2) is 188 Å². The molecule has 0 aliphatic rings. The largest absolute Gasteiger partial charge is 0.307 e. The molecule has 0 fully saturated rings. The molecule has 0 aliphatic heterocycles. The summed E-state index contributed by atoms with van der Waals surface area (Å²) in [5.74, 6) is 1.90. The molecule has 0 atom stereocenters. The normalized spacial score (nSPS) is 12.1. The minimum absolute atomic E-state index is 0.626. The summed E-state index contributed by atoms with van der Waals surface area (Å²) in [6.45, 7) is 0. The maximum absolute atomic E-state index is 5.49. The number of benzene rings is 9. The molecule has 58 heavy (non-hydrogen) atoms. The van der Waals surface area contributed by atoms with E-state index >= 15 is 0 Å². The fraction of sp³-hybridized carbons (Fsp3) is 0. The Bertz CT molecular complexity index is 3860. The van der Waals surface area contributed by atoms with E-state index in [4.69, 9.17) is 15.0 Å². The van der Waals surface area contributed by atoms with Gasteiger partial charge in [0.1, 0.15) is 0 Å². The van der Waals surface area contributed by atoms with Crippen molar-refractivity contribution in [1.82, 2.24) is 23.8 Å². The highest BCUT2D eigenvalue weighted by molar-refractivity contribution is 6.26. The number of para-hydroxylation sites is 4. The molecule has 5 heteroatoms. The van der Waals surface area contributed by atoms with E-state index in [9.17, 15) is 0 Å². The van der Waals surface area contributed by atoms with Crippen LogP contribution in [-0.4, -0.2) is 23.8 Å². The summed E-state index contributed by atoms with van der Waals surface area (Å²) in [7, 11) is 0. The van der Waals surface area contributed by atoms with Gasteiger partial charge in [-0.05, 0) is 57.9 Å². The molecule has 0 amide bonds. The van der Waals surface area contributed by atoms with E-state index in [1.807, 2.05) is 18.2 Å². The molecular weight excluding hydrogens is 707 g/mol. The van der Waals surface area contributed by atoms with E-state index in [-0.39, 0.29) is 0 Å². The Hall–Kier alpha value is -7.89. The van der Waals surface area contributed by atoms with Crippen LogP contribution in [0.1, 0.15) is 0 Å². The molecule has 0 unspecified atom stereocenters. The fourth-order valence-corrected chi connectivity index (χ4v) is 9.65. The minimum atomic E-state index is 0.626. The average molecular weight is 738 g/mol. The van der Waals surface area contributed by atoms with Crippen molar-refractivity contribution in [3.8, 4) is 34.2 Å². The molecule has 9 aromatic carbocycles. The van der Waals surface area contributed by atoms with Crippen molar-refractivity contribution in [3.05, 3.63) is 188 Å². The third-order valence-corrected chi connectivity index (χ3v) is 12.1. The first kappa shape index (κ1) is 31.3. The Labute approximate surface area is 331 Å². The van der Waals surface area contributed by atoms with E-state index in [0.29, 0.717) is 17.5 Å². The first-order valence-corrected chi connectivity index (χ1v) is 19.7. The monoisotopic (exact) mass is 737 g/mol. The van der Waals surface area contributed by atoms with Crippen LogP contribution in [0.5, 0.6) is 0 Å². The van der Waals surface area contributed by atoms with Gasteiger partial charge in [-0.15, -0.1) is 0 Å². The number of hydrogen-bond donors (Lipinski definition) is 0. The van der Waals surface area contributed by atoms with Gasteiger partial charge in [-0.25, -0.2) is 15.0 Å². The summed E-state index contributed by atoms with van der Waals surface area (Å²) < 4.78 is 4.94. The summed E-state index contributed by atoms with van der Waals surface area (Å²) in [6, 6.07) is 67.3. The molecule has 4 aromatic heterocycles. The first-order chi connectivity index (χ1) is 28.8. The molecular formula is C53H31N5. The Morgan fingerprint density at radius 3 is 1.53 bits per heavy atom. The maximum Gasteiger partial charge on any atom is 0.164 e. The van der Waals surface area contributed by atoms with Crippen LogP contribution in [0.3, 0.4) is 0 Å². The smallest absolute Gasteiger partial charge is 0.164 e. The van der Waals surface area contributed by atoms with Crippen LogP contribution in [0.2, 0.25) is 0 Å². The number of nitrogens with zero attached hydrogens (tertiary/aromatic N) is 5. The van der Waals surface area contributed by atoms with Gasteiger partial charge in [0.2, 0.25) is 0 Å². The first-order valence-electron chi connectivity index (χ1n) is 19.7. The molecule has 0 N–H and O–H groups in total. The molecule has 0 spiro atoms. The predicted molar refractivity (Wildman–Crippen MR) is 241 cm³/mol. The van der Waals surface area contributed by atoms with Gasteiger partial charge in [-0.3, -0.25) is 0 Å². The topological polar surface area (TPSA) is 47.5 Å². The van der Waals surface area contributed by atoms with E-state index in [2.05, 4.69) is 179 Å². The van der Waals surface area contributed by atoms with Gasteiger partial charge < -0.3 is 8.80 Å². The van der Waals surface area contributed by atoms with Crippen molar-refractivity contribution >= 4 is 87.0 Å². The van der Waals surface area contributed by atoms with E-state index in [0.717, 1.165) is 60.3 Å². The lowest BCUT2D eigenvalue weighted by atomic mass is 9.96. The molecule has 5 nitrogen and oxygen atoms in total. The van der Waals surface area contributed by atoms with Crippen LogP contribution in [0.4, 0.5) is 0 Å². The molecule has 0 radical (unpaired) electrons. The zero-order valence-corrected chi connectivity index (χ0v) is 31.1. The molecule has 0 saturated carbocycles. The van der Waals surface area contributed by atoms with Crippen LogP contribution < -0.4 is 0 Å². The summed E-state index contributed by atoms with van der Waals surface area (Å²) in [4.78, 5) is 16.1. The van der Waals surface area contributed by atoms with Gasteiger partial charge in [-0.2, -0.15) is 0 Å². The maximum atomic E-state index is 5.49. The lowest BCUT2D eigenvalue weighted by molar-refractivity contribution is 1.08. The average Bonchev–Trinajstić information content (AvgIpc) is 3.81. The Morgan fingerprint density at radius 1 is 0.293 bits per heavy atom. The Morgan fingerprint density at radius 2 is 0.793 bits per heavy atom. The highest BCUT2D eigenvalue weighted by Gasteiger charge is 2.23. The third-order valence-electron chi connectivity index (χ3n) is 12.1. The summed E-state index contributed by atoms with van der Waals surface area (Å²) in [6.07, 6.45) is 0. The number of rotatable bonds is 3. The lowest BCUT2D eigenvalue weighted by Gasteiger charge is -2.15. The van der Waals surface area contributed by atoms with Crippen molar-refractivity contribution in [2.75, 3.05) is 0 Å². The minimum Gasteiger partial charge on any atom is -0.307 e. The van der Waals surface area contributed by atoms with Crippen LogP contribution >= 0.6 is 0 Å². The zero-order chi connectivity index (χ0) is 37.9. The number of hydrogen-bond acceptors (Lipinski definition) is 3. The second-order valence-electron chi connectivity index (χ2n) is 15.1.